The highest BCUT2D eigenvalue weighted by atomic mass is 32.2. The number of carboxylic acids is 1. The lowest BCUT2D eigenvalue weighted by atomic mass is 9.93. The van der Waals surface area contributed by atoms with Crippen molar-refractivity contribution in [3.63, 3.8) is 0 Å². The largest absolute Gasteiger partial charge is 0.480 e. The van der Waals surface area contributed by atoms with Gasteiger partial charge >= 0.3 is 5.97 Å². The average molecular weight is 570 g/mol. The molecule has 1 amide bonds. The molecule has 3 aromatic rings. The van der Waals surface area contributed by atoms with Gasteiger partial charge in [0.2, 0.25) is 0 Å². The monoisotopic (exact) mass is 569 g/mol. The van der Waals surface area contributed by atoms with E-state index >= 15 is 0 Å². The molecule has 0 bridgehead atoms. The molecule has 2 N–H and O–H groups in total. The summed E-state index contributed by atoms with van der Waals surface area (Å²) in [6.07, 6.45) is 4.26. The Bertz CT molecular complexity index is 1410. The molecule has 40 heavy (non-hydrogen) atoms. The Morgan fingerprint density at radius 3 is 2.40 bits per heavy atom. The van der Waals surface area contributed by atoms with Crippen LogP contribution in [-0.2, 0) is 32.4 Å². The summed E-state index contributed by atoms with van der Waals surface area (Å²) in [5.74, 6) is -0.514. The number of hydrogen-bond donors (Lipinski definition) is 2. The van der Waals surface area contributed by atoms with Crippen LogP contribution in [0.15, 0.2) is 59.0 Å². The normalized spacial score (nSPS) is 13.1. The summed E-state index contributed by atoms with van der Waals surface area (Å²) in [4.78, 5) is 25.1. The molecule has 1 aromatic heterocycles. The molecule has 0 radical (unpaired) electrons. The van der Waals surface area contributed by atoms with E-state index in [2.05, 4.69) is 12.2 Å². The van der Waals surface area contributed by atoms with E-state index in [0.717, 1.165) is 60.1 Å². The van der Waals surface area contributed by atoms with Gasteiger partial charge in [-0.15, -0.1) is 0 Å². The highest BCUT2D eigenvalue weighted by molar-refractivity contribution is 7.90. The van der Waals surface area contributed by atoms with E-state index in [1.54, 1.807) is 12.1 Å². The van der Waals surface area contributed by atoms with Gasteiger partial charge in [-0.2, -0.15) is 0 Å². The Labute approximate surface area is 236 Å². The Morgan fingerprint density at radius 1 is 1.02 bits per heavy atom. The van der Waals surface area contributed by atoms with E-state index in [0.29, 0.717) is 17.7 Å². The van der Waals surface area contributed by atoms with E-state index < -0.39 is 27.8 Å². The number of aliphatic carboxylic acids is 1. The fourth-order valence-electron chi connectivity index (χ4n) is 4.45. The van der Waals surface area contributed by atoms with Crippen molar-refractivity contribution in [1.29, 1.82) is 0 Å². The summed E-state index contributed by atoms with van der Waals surface area (Å²) < 4.78 is 35.5. The van der Waals surface area contributed by atoms with Gasteiger partial charge in [-0.05, 0) is 66.3 Å². The van der Waals surface area contributed by atoms with Crippen LogP contribution in [0, 0.1) is 6.92 Å². The summed E-state index contributed by atoms with van der Waals surface area (Å²) in [6.45, 7) is 6.41. The predicted octanol–water partition coefficient (Wildman–Crippen LogP) is 5.88. The van der Waals surface area contributed by atoms with Crippen LogP contribution in [0.1, 0.15) is 78.6 Å². The van der Waals surface area contributed by atoms with Gasteiger partial charge < -0.3 is 19.6 Å². The number of unbranched alkanes of at least 4 members (excludes halogenated alkanes) is 1. The molecule has 8 nitrogen and oxygen atoms in total. The topological polar surface area (TPSA) is 123 Å². The molecule has 0 aliphatic carbocycles. The minimum atomic E-state index is -3.39. The highest BCUT2D eigenvalue weighted by Crippen LogP contribution is 2.31. The molecule has 9 heteroatoms. The van der Waals surface area contributed by atoms with Gasteiger partial charge in [-0.25, -0.2) is 13.2 Å². The van der Waals surface area contributed by atoms with Crippen LogP contribution >= 0.6 is 0 Å². The first-order valence-electron chi connectivity index (χ1n) is 13.6. The minimum Gasteiger partial charge on any atom is -0.480 e. The third-order valence-corrected chi connectivity index (χ3v) is 7.74. The first-order valence-corrected chi connectivity index (χ1v) is 15.7. The molecular weight excluding hydrogens is 530 g/mol. The molecule has 2 atom stereocenters. The van der Waals surface area contributed by atoms with Crippen molar-refractivity contribution in [2.24, 2.45) is 0 Å². The van der Waals surface area contributed by atoms with Crippen molar-refractivity contribution < 1.29 is 32.3 Å². The number of nitrogens with one attached hydrogen (secondary N) is 1. The molecule has 216 valence electrons. The lowest BCUT2D eigenvalue weighted by Crippen LogP contribution is -2.42. The number of carbonyl (C=O) groups excluding carboxylic acids is 1. The molecule has 0 saturated heterocycles. The third-order valence-electron chi connectivity index (χ3n) is 6.76. The molecule has 3 rings (SSSR count). The van der Waals surface area contributed by atoms with Crippen LogP contribution in [0.5, 0.6) is 0 Å². The van der Waals surface area contributed by atoms with Gasteiger partial charge in [-0.1, -0.05) is 57.0 Å². The van der Waals surface area contributed by atoms with Gasteiger partial charge in [0.05, 0.1) is 12.4 Å². The number of aryl methyl sites for hydroxylation is 2. The number of rotatable bonds is 15. The van der Waals surface area contributed by atoms with Gasteiger partial charge in [0.25, 0.3) is 5.91 Å². The summed E-state index contributed by atoms with van der Waals surface area (Å²) in [5.41, 5.74) is 3.57. The zero-order chi connectivity index (χ0) is 29.3. The average Bonchev–Trinajstić information content (AvgIpc) is 3.39. The summed E-state index contributed by atoms with van der Waals surface area (Å²) in [6, 6.07) is 15.6. The maximum atomic E-state index is 13.3. The van der Waals surface area contributed by atoms with Crippen LogP contribution in [0.3, 0.4) is 0 Å². The number of sulfone groups is 1. The summed E-state index contributed by atoms with van der Waals surface area (Å²) >= 11 is 0. The Balaban J connectivity index is 1.90. The Morgan fingerprint density at radius 2 is 1.77 bits per heavy atom. The van der Waals surface area contributed by atoms with Crippen LogP contribution in [0.4, 0.5) is 0 Å². The molecule has 0 spiro atoms. The number of carboxylic acid groups (broad SMARTS) is 1. The minimum absolute atomic E-state index is 0.198. The molecule has 0 aliphatic rings. The SMILES string of the molecule is CCCCC(OCc1ccc(C(=O)NC(CCS(C)(=O)=O)C(=O)O)c(-c2ccccc2C)c1)c1ccc(CC)o1. The first kappa shape index (κ1) is 31.1. The molecule has 2 aromatic carbocycles. The lowest BCUT2D eigenvalue weighted by molar-refractivity contribution is -0.139. The summed E-state index contributed by atoms with van der Waals surface area (Å²) in [7, 11) is -3.39. The quantitative estimate of drug-likeness (QED) is 0.234. The van der Waals surface area contributed by atoms with Gasteiger partial charge in [-0.3, -0.25) is 4.79 Å². The fourth-order valence-corrected chi connectivity index (χ4v) is 5.12. The Kier molecular flexibility index (Phi) is 11.1. The maximum absolute atomic E-state index is 13.3. The standard InChI is InChI=1S/C31H39NO7S/c1-5-7-12-28(29-16-14-23(6-2)39-29)38-20-22-13-15-25(26(19-22)24-11-9-8-10-21(24)3)30(33)32-27(31(34)35)17-18-40(4,36)37/h8-11,13-16,19,27-28H,5-7,12,17-18,20H2,1-4H3,(H,32,33)(H,34,35). The number of hydrogen-bond acceptors (Lipinski definition) is 6. The van der Waals surface area contributed by atoms with Crippen LogP contribution < -0.4 is 5.32 Å². The Hall–Kier alpha value is -3.43. The van der Waals surface area contributed by atoms with Crippen LogP contribution in [0.25, 0.3) is 11.1 Å². The third kappa shape index (κ3) is 8.79. The number of amides is 1. The maximum Gasteiger partial charge on any atom is 0.326 e. The van der Waals surface area contributed by atoms with E-state index in [1.165, 1.54) is 0 Å². The van der Waals surface area contributed by atoms with Crippen LogP contribution in [0.2, 0.25) is 0 Å². The second kappa shape index (κ2) is 14.3. The van der Waals surface area contributed by atoms with E-state index in [9.17, 15) is 23.1 Å². The van der Waals surface area contributed by atoms with Gasteiger partial charge in [0, 0.05) is 18.2 Å². The van der Waals surface area contributed by atoms with Crippen molar-refractivity contribution in [2.75, 3.05) is 12.0 Å². The molecule has 2 unspecified atom stereocenters. The second-order valence-corrected chi connectivity index (χ2v) is 12.3. The van der Waals surface area contributed by atoms with E-state index in [1.807, 2.05) is 56.3 Å². The highest BCUT2D eigenvalue weighted by Gasteiger charge is 2.24. The van der Waals surface area contributed by atoms with E-state index in [-0.39, 0.29) is 18.3 Å². The van der Waals surface area contributed by atoms with Crippen molar-refractivity contribution >= 4 is 21.7 Å². The molecule has 0 fully saturated rings. The second-order valence-electron chi connectivity index (χ2n) is 10.1. The van der Waals surface area contributed by atoms with Crippen molar-refractivity contribution in [3.8, 4) is 11.1 Å². The van der Waals surface area contributed by atoms with Gasteiger partial charge in [0.1, 0.15) is 33.5 Å². The molecule has 1 heterocycles. The smallest absolute Gasteiger partial charge is 0.326 e. The summed E-state index contributed by atoms with van der Waals surface area (Å²) in [5, 5.41) is 12.1. The van der Waals surface area contributed by atoms with Crippen molar-refractivity contribution in [1.82, 2.24) is 5.32 Å². The molecule has 0 aliphatic heterocycles. The van der Waals surface area contributed by atoms with Crippen LogP contribution in [-0.4, -0.2) is 43.5 Å². The fraction of sp³-hybridized carbons (Fsp3) is 0.419. The lowest BCUT2D eigenvalue weighted by Gasteiger charge is -2.19. The van der Waals surface area contributed by atoms with Crippen molar-refractivity contribution in [3.05, 3.63) is 82.8 Å². The van der Waals surface area contributed by atoms with E-state index in [4.69, 9.17) is 9.15 Å². The first-order chi connectivity index (χ1) is 19.0. The molecular formula is C31H39NO7S. The number of ether oxygens (including phenoxy) is 1. The predicted molar refractivity (Wildman–Crippen MR) is 155 cm³/mol. The van der Waals surface area contributed by atoms with Gasteiger partial charge in [0.15, 0.2) is 0 Å². The number of benzene rings is 2. The zero-order valence-corrected chi connectivity index (χ0v) is 24.4. The molecule has 0 saturated carbocycles. The zero-order valence-electron chi connectivity index (χ0n) is 23.6. The van der Waals surface area contributed by atoms with Crippen molar-refractivity contribution in [2.45, 2.75) is 71.6 Å². The number of furan rings is 1. The number of carbonyl (C=O) groups is 2.